The minimum atomic E-state index is 0.0439. The van der Waals surface area contributed by atoms with Gasteiger partial charge in [-0.25, -0.2) is 0 Å². The normalized spacial score (nSPS) is 10.0. The summed E-state index contributed by atoms with van der Waals surface area (Å²) in [6.45, 7) is 2.90. The number of ether oxygens (including phenoxy) is 1. The number of rotatable bonds is 5. The maximum atomic E-state index is 8.99. The Morgan fingerprint density at radius 2 is 2.08 bits per heavy atom. The SMILES string of the molecule is CCCCOc1ccccc1CO. The van der Waals surface area contributed by atoms with E-state index in [2.05, 4.69) is 6.92 Å². The van der Waals surface area contributed by atoms with E-state index in [1.165, 1.54) is 0 Å². The predicted octanol–water partition coefficient (Wildman–Crippen LogP) is 2.36. The summed E-state index contributed by atoms with van der Waals surface area (Å²) in [5.41, 5.74) is 0.860. The third-order valence-electron chi connectivity index (χ3n) is 1.90. The van der Waals surface area contributed by atoms with E-state index in [-0.39, 0.29) is 6.61 Å². The van der Waals surface area contributed by atoms with Crippen LogP contribution < -0.4 is 4.74 Å². The molecule has 0 heterocycles. The molecule has 1 aromatic carbocycles. The van der Waals surface area contributed by atoms with Crippen molar-refractivity contribution in [2.24, 2.45) is 0 Å². The van der Waals surface area contributed by atoms with Crippen LogP contribution in [0.2, 0.25) is 0 Å². The van der Waals surface area contributed by atoms with Gasteiger partial charge in [0.15, 0.2) is 0 Å². The van der Waals surface area contributed by atoms with Crippen molar-refractivity contribution in [2.45, 2.75) is 26.4 Å². The summed E-state index contributed by atoms with van der Waals surface area (Å²) < 4.78 is 5.51. The largest absolute Gasteiger partial charge is 0.493 e. The van der Waals surface area contributed by atoms with Gasteiger partial charge in [-0.1, -0.05) is 31.5 Å². The molecule has 0 radical (unpaired) electrons. The van der Waals surface area contributed by atoms with Crippen molar-refractivity contribution >= 4 is 0 Å². The van der Waals surface area contributed by atoms with E-state index in [1.54, 1.807) is 0 Å². The fourth-order valence-electron chi connectivity index (χ4n) is 1.10. The summed E-state index contributed by atoms with van der Waals surface area (Å²) in [6.07, 6.45) is 2.18. The van der Waals surface area contributed by atoms with Gasteiger partial charge in [-0.2, -0.15) is 0 Å². The second-order valence-corrected chi connectivity index (χ2v) is 2.97. The molecule has 13 heavy (non-hydrogen) atoms. The van der Waals surface area contributed by atoms with Gasteiger partial charge in [0.2, 0.25) is 0 Å². The summed E-state index contributed by atoms with van der Waals surface area (Å²) in [4.78, 5) is 0. The first-order valence-corrected chi connectivity index (χ1v) is 4.70. The Kier molecular flexibility index (Phi) is 4.33. The Balaban J connectivity index is 2.54. The third kappa shape index (κ3) is 3.07. The molecule has 0 aliphatic carbocycles. The van der Waals surface area contributed by atoms with Crippen LogP contribution in [0.1, 0.15) is 25.3 Å². The van der Waals surface area contributed by atoms with E-state index in [4.69, 9.17) is 9.84 Å². The average molecular weight is 180 g/mol. The maximum absolute atomic E-state index is 8.99. The van der Waals surface area contributed by atoms with E-state index in [1.807, 2.05) is 24.3 Å². The second-order valence-electron chi connectivity index (χ2n) is 2.97. The lowest BCUT2D eigenvalue weighted by Crippen LogP contribution is -1.99. The molecule has 0 aliphatic heterocycles. The van der Waals surface area contributed by atoms with Crippen molar-refractivity contribution in [3.63, 3.8) is 0 Å². The molecule has 0 saturated heterocycles. The molecule has 1 rings (SSSR count). The van der Waals surface area contributed by atoms with Gasteiger partial charge >= 0.3 is 0 Å². The molecule has 0 saturated carbocycles. The molecule has 0 spiro atoms. The zero-order valence-electron chi connectivity index (χ0n) is 7.99. The van der Waals surface area contributed by atoms with Crippen molar-refractivity contribution in [2.75, 3.05) is 6.61 Å². The highest BCUT2D eigenvalue weighted by atomic mass is 16.5. The van der Waals surface area contributed by atoms with Gasteiger partial charge in [-0.05, 0) is 12.5 Å². The monoisotopic (exact) mass is 180 g/mol. The standard InChI is InChI=1S/C11H16O2/c1-2-3-8-13-11-7-5-4-6-10(11)9-12/h4-7,12H,2-3,8-9H2,1H3. The quantitative estimate of drug-likeness (QED) is 0.705. The zero-order valence-corrected chi connectivity index (χ0v) is 7.99. The maximum Gasteiger partial charge on any atom is 0.124 e. The van der Waals surface area contributed by atoms with E-state index in [0.29, 0.717) is 0 Å². The minimum absolute atomic E-state index is 0.0439. The van der Waals surface area contributed by atoms with Crippen LogP contribution in [0.3, 0.4) is 0 Å². The summed E-state index contributed by atoms with van der Waals surface area (Å²) in [5, 5.41) is 8.99. The number of aliphatic hydroxyl groups excluding tert-OH is 1. The van der Waals surface area contributed by atoms with Crippen molar-refractivity contribution in [3.05, 3.63) is 29.8 Å². The van der Waals surface area contributed by atoms with Crippen LogP contribution in [0.15, 0.2) is 24.3 Å². The van der Waals surface area contributed by atoms with Crippen molar-refractivity contribution in [1.29, 1.82) is 0 Å². The summed E-state index contributed by atoms with van der Waals surface area (Å²) in [6, 6.07) is 7.58. The van der Waals surface area contributed by atoms with Gasteiger partial charge in [-0.3, -0.25) is 0 Å². The third-order valence-corrected chi connectivity index (χ3v) is 1.90. The highest BCUT2D eigenvalue weighted by molar-refractivity contribution is 5.32. The Bertz CT molecular complexity index is 246. The first-order valence-electron chi connectivity index (χ1n) is 4.70. The Hall–Kier alpha value is -1.02. The minimum Gasteiger partial charge on any atom is -0.493 e. The first-order chi connectivity index (χ1) is 6.38. The van der Waals surface area contributed by atoms with Gasteiger partial charge in [0.25, 0.3) is 0 Å². The van der Waals surface area contributed by atoms with Gasteiger partial charge in [0, 0.05) is 5.56 Å². The first kappa shape index (κ1) is 10.1. The number of unbranched alkanes of at least 4 members (excludes halogenated alkanes) is 1. The molecular weight excluding hydrogens is 164 g/mol. The number of aliphatic hydroxyl groups is 1. The molecule has 0 fully saturated rings. The zero-order chi connectivity index (χ0) is 9.52. The Morgan fingerprint density at radius 3 is 2.77 bits per heavy atom. The van der Waals surface area contributed by atoms with E-state index >= 15 is 0 Å². The van der Waals surface area contributed by atoms with Crippen LogP contribution in [0, 0.1) is 0 Å². The Morgan fingerprint density at radius 1 is 1.31 bits per heavy atom. The van der Waals surface area contributed by atoms with Gasteiger partial charge in [0.05, 0.1) is 13.2 Å². The second kappa shape index (κ2) is 5.60. The summed E-state index contributed by atoms with van der Waals surface area (Å²) in [7, 11) is 0. The molecule has 1 aromatic rings. The van der Waals surface area contributed by atoms with E-state index in [9.17, 15) is 0 Å². The lowest BCUT2D eigenvalue weighted by molar-refractivity contribution is 0.261. The molecule has 0 atom stereocenters. The van der Waals surface area contributed by atoms with Crippen LogP contribution in [0.4, 0.5) is 0 Å². The summed E-state index contributed by atoms with van der Waals surface area (Å²) in [5.74, 6) is 0.804. The van der Waals surface area contributed by atoms with Gasteiger partial charge in [-0.15, -0.1) is 0 Å². The molecule has 0 bridgehead atoms. The molecule has 0 unspecified atom stereocenters. The van der Waals surface area contributed by atoms with Crippen molar-refractivity contribution in [3.8, 4) is 5.75 Å². The van der Waals surface area contributed by atoms with Crippen LogP contribution in [-0.2, 0) is 6.61 Å². The highest BCUT2D eigenvalue weighted by Gasteiger charge is 1.99. The molecule has 2 nitrogen and oxygen atoms in total. The number of benzene rings is 1. The molecule has 0 aliphatic rings. The van der Waals surface area contributed by atoms with Gasteiger partial charge in [0.1, 0.15) is 5.75 Å². The molecule has 72 valence electrons. The average Bonchev–Trinajstić information content (AvgIpc) is 2.19. The van der Waals surface area contributed by atoms with Crippen molar-refractivity contribution in [1.82, 2.24) is 0 Å². The molecular formula is C11H16O2. The molecule has 1 N–H and O–H groups in total. The topological polar surface area (TPSA) is 29.5 Å². The summed E-state index contributed by atoms with van der Waals surface area (Å²) >= 11 is 0. The Labute approximate surface area is 79.2 Å². The van der Waals surface area contributed by atoms with Crippen LogP contribution in [-0.4, -0.2) is 11.7 Å². The lowest BCUT2D eigenvalue weighted by atomic mass is 10.2. The van der Waals surface area contributed by atoms with E-state index in [0.717, 1.165) is 30.8 Å². The molecule has 2 heteroatoms. The number of hydrogen-bond donors (Lipinski definition) is 1. The van der Waals surface area contributed by atoms with Crippen LogP contribution in [0.5, 0.6) is 5.75 Å². The van der Waals surface area contributed by atoms with Crippen molar-refractivity contribution < 1.29 is 9.84 Å². The van der Waals surface area contributed by atoms with E-state index < -0.39 is 0 Å². The number of hydrogen-bond acceptors (Lipinski definition) is 2. The van der Waals surface area contributed by atoms with Gasteiger partial charge < -0.3 is 9.84 Å². The number of para-hydroxylation sites is 1. The lowest BCUT2D eigenvalue weighted by Gasteiger charge is -2.08. The van der Waals surface area contributed by atoms with Crippen LogP contribution >= 0.6 is 0 Å². The fourth-order valence-corrected chi connectivity index (χ4v) is 1.10. The molecule has 0 amide bonds. The fraction of sp³-hybridized carbons (Fsp3) is 0.455. The smallest absolute Gasteiger partial charge is 0.124 e. The molecule has 0 aromatic heterocycles. The predicted molar refractivity (Wildman–Crippen MR) is 52.8 cm³/mol. The van der Waals surface area contributed by atoms with Crippen LogP contribution in [0.25, 0.3) is 0 Å². The highest BCUT2D eigenvalue weighted by Crippen LogP contribution is 2.17.